The molecule has 0 saturated carbocycles. The van der Waals surface area contributed by atoms with Crippen LogP contribution in [0.2, 0.25) is 0 Å². The fourth-order valence-corrected chi connectivity index (χ4v) is 5.36. The van der Waals surface area contributed by atoms with Gasteiger partial charge in [0, 0.05) is 5.30 Å². The summed E-state index contributed by atoms with van der Waals surface area (Å²) in [5.41, 5.74) is 0. The maximum absolute atomic E-state index is 6.29. The van der Waals surface area contributed by atoms with Gasteiger partial charge in [0.1, 0.15) is 0 Å². The van der Waals surface area contributed by atoms with Crippen LogP contribution in [0.1, 0.15) is 27.7 Å². The SMILES string of the molecule is CC(C)Oc1cccc(P(c2ccccc2)c2ccccc2)c1OC(C)C. The molecule has 0 aromatic heterocycles. The second kappa shape index (κ2) is 9.06. The highest BCUT2D eigenvalue weighted by molar-refractivity contribution is 7.80. The highest BCUT2D eigenvalue weighted by atomic mass is 31.1. The fraction of sp³-hybridized carbons (Fsp3) is 0.250. The molecular weight excluding hydrogens is 351 g/mol. The zero-order chi connectivity index (χ0) is 19.2. The van der Waals surface area contributed by atoms with E-state index in [2.05, 4.69) is 86.6 Å². The van der Waals surface area contributed by atoms with Gasteiger partial charge in [0.05, 0.1) is 12.2 Å². The van der Waals surface area contributed by atoms with Crippen LogP contribution in [0.25, 0.3) is 0 Å². The molecule has 0 aliphatic heterocycles. The summed E-state index contributed by atoms with van der Waals surface area (Å²) in [7, 11) is -0.744. The van der Waals surface area contributed by atoms with Gasteiger partial charge in [-0.15, -0.1) is 0 Å². The maximum atomic E-state index is 6.29. The largest absolute Gasteiger partial charge is 0.487 e. The van der Waals surface area contributed by atoms with Gasteiger partial charge in [-0.25, -0.2) is 0 Å². The van der Waals surface area contributed by atoms with Crippen molar-refractivity contribution in [3.8, 4) is 11.5 Å². The van der Waals surface area contributed by atoms with Gasteiger partial charge in [-0.05, 0) is 58.4 Å². The molecule has 3 aromatic rings. The molecule has 0 fully saturated rings. The molecule has 140 valence electrons. The van der Waals surface area contributed by atoms with Crippen molar-refractivity contribution in [2.45, 2.75) is 39.9 Å². The predicted molar refractivity (Wildman–Crippen MR) is 117 cm³/mol. The molecule has 0 N–H and O–H groups in total. The van der Waals surface area contributed by atoms with Gasteiger partial charge in [0.2, 0.25) is 0 Å². The van der Waals surface area contributed by atoms with Crippen LogP contribution in [-0.4, -0.2) is 12.2 Å². The first-order chi connectivity index (χ1) is 13.1. The summed E-state index contributed by atoms with van der Waals surface area (Å²) in [4.78, 5) is 0. The van der Waals surface area contributed by atoms with Crippen LogP contribution in [0.4, 0.5) is 0 Å². The van der Waals surface area contributed by atoms with Gasteiger partial charge >= 0.3 is 0 Å². The quantitative estimate of drug-likeness (QED) is 0.538. The van der Waals surface area contributed by atoms with Crippen molar-refractivity contribution in [3.63, 3.8) is 0 Å². The summed E-state index contributed by atoms with van der Waals surface area (Å²) in [5.74, 6) is 1.68. The summed E-state index contributed by atoms with van der Waals surface area (Å²) in [6, 6.07) is 27.6. The van der Waals surface area contributed by atoms with E-state index in [1.165, 1.54) is 15.9 Å². The smallest absolute Gasteiger partial charge is 0.169 e. The number of para-hydroxylation sites is 1. The summed E-state index contributed by atoms with van der Waals surface area (Å²) >= 11 is 0. The van der Waals surface area contributed by atoms with Crippen LogP contribution in [0.5, 0.6) is 11.5 Å². The van der Waals surface area contributed by atoms with E-state index in [0.29, 0.717) is 0 Å². The standard InChI is InChI=1S/C24H27O2P/c1-18(2)25-22-16-11-17-23(24(22)26-19(3)4)27(20-12-7-5-8-13-20)21-14-9-6-10-15-21/h5-19H,1-4H3. The van der Waals surface area contributed by atoms with E-state index < -0.39 is 7.92 Å². The zero-order valence-electron chi connectivity index (χ0n) is 16.4. The first kappa shape index (κ1) is 19.5. The van der Waals surface area contributed by atoms with Gasteiger partial charge < -0.3 is 9.47 Å². The van der Waals surface area contributed by atoms with Crippen LogP contribution in [0.15, 0.2) is 78.9 Å². The van der Waals surface area contributed by atoms with Gasteiger partial charge in [-0.2, -0.15) is 0 Å². The van der Waals surface area contributed by atoms with Gasteiger partial charge in [-0.1, -0.05) is 66.7 Å². The number of rotatable bonds is 7. The van der Waals surface area contributed by atoms with Crippen LogP contribution in [0, 0.1) is 0 Å². The lowest BCUT2D eigenvalue weighted by Crippen LogP contribution is -2.24. The number of hydrogen-bond acceptors (Lipinski definition) is 2. The molecule has 27 heavy (non-hydrogen) atoms. The first-order valence-corrected chi connectivity index (χ1v) is 10.8. The summed E-state index contributed by atoms with van der Waals surface area (Å²) in [6.07, 6.45) is 0.165. The van der Waals surface area contributed by atoms with E-state index in [4.69, 9.17) is 9.47 Å². The van der Waals surface area contributed by atoms with E-state index in [1.807, 2.05) is 19.9 Å². The molecule has 0 radical (unpaired) electrons. The van der Waals surface area contributed by atoms with E-state index in [9.17, 15) is 0 Å². The molecule has 0 unspecified atom stereocenters. The van der Waals surface area contributed by atoms with Crippen molar-refractivity contribution in [3.05, 3.63) is 78.9 Å². The van der Waals surface area contributed by atoms with Crippen molar-refractivity contribution in [2.75, 3.05) is 0 Å². The van der Waals surface area contributed by atoms with E-state index in [1.54, 1.807) is 0 Å². The molecule has 2 nitrogen and oxygen atoms in total. The minimum Gasteiger partial charge on any atom is -0.487 e. The topological polar surface area (TPSA) is 18.5 Å². The van der Waals surface area contributed by atoms with E-state index in [-0.39, 0.29) is 12.2 Å². The second-order valence-electron chi connectivity index (χ2n) is 6.94. The third-order valence-corrected chi connectivity index (χ3v) is 6.41. The Kier molecular flexibility index (Phi) is 6.53. The third kappa shape index (κ3) is 4.90. The van der Waals surface area contributed by atoms with Crippen molar-refractivity contribution in [1.82, 2.24) is 0 Å². The van der Waals surface area contributed by atoms with E-state index >= 15 is 0 Å². The maximum Gasteiger partial charge on any atom is 0.169 e. The molecule has 0 saturated heterocycles. The molecule has 0 heterocycles. The van der Waals surface area contributed by atoms with Crippen molar-refractivity contribution < 1.29 is 9.47 Å². The second-order valence-corrected chi connectivity index (χ2v) is 9.13. The lowest BCUT2D eigenvalue weighted by atomic mass is 10.3. The molecule has 0 aliphatic rings. The number of ether oxygens (including phenoxy) is 2. The molecule has 0 spiro atoms. The fourth-order valence-electron chi connectivity index (χ4n) is 2.96. The highest BCUT2D eigenvalue weighted by Crippen LogP contribution is 2.40. The summed E-state index contributed by atoms with van der Waals surface area (Å²) < 4.78 is 12.4. The van der Waals surface area contributed by atoms with Crippen molar-refractivity contribution in [1.29, 1.82) is 0 Å². The monoisotopic (exact) mass is 378 g/mol. The minimum atomic E-state index is -0.744. The van der Waals surface area contributed by atoms with Crippen LogP contribution < -0.4 is 25.4 Å². The average molecular weight is 378 g/mol. The Morgan fingerprint density at radius 2 is 1.11 bits per heavy atom. The zero-order valence-corrected chi connectivity index (χ0v) is 17.3. The average Bonchev–Trinajstić information content (AvgIpc) is 2.65. The predicted octanol–water partition coefficient (Wildman–Crippen LogP) is 5.02. The third-order valence-electron chi connectivity index (χ3n) is 3.94. The first-order valence-electron chi connectivity index (χ1n) is 9.43. The minimum absolute atomic E-state index is 0.0732. The molecule has 3 aromatic carbocycles. The van der Waals surface area contributed by atoms with Crippen LogP contribution in [-0.2, 0) is 0 Å². The molecule has 0 atom stereocenters. The molecule has 0 amide bonds. The normalized spacial score (nSPS) is 11.2. The lowest BCUT2D eigenvalue weighted by molar-refractivity contribution is 0.200. The molecular formula is C24H27O2P. The molecule has 0 aliphatic carbocycles. The Morgan fingerprint density at radius 3 is 1.59 bits per heavy atom. The molecule has 3 rings (SSSR count). The van der Waals surface area contributed by atoms with Crippen LogP contribution >= 0.6 is 7.92 Å². The molecule has 0 bridgehead atoms. The summed E-state index contributed by atoms with van der Waals surface area (Å²) in [6.45, 7) is 8.21. The number of hydrogen-bond donors (Lipinski definition) is 0. The van der Waals surface area contributed by atoms with Gasteiger partial charge in [0.15, 0.2) is 11.5 Å². The Labute approximate surface area is 163 Å². The summed E-state index contributed by atoms with van der Waals surface area (Å²) in [5, 5.41) is 3.79. The van der Waals surface area contributed by atoms with Crippen molar-refractivity contribution >= 4 is 23.8 Å². The molecule has 3 heteroatoms. The van der Waals surface area contributed by atoms with Crippen LogP contribution in [0.3, 0.4) is 0 Å². The highest BCUT2D eigenvalue weighted by Gasteiger charge is 2.23. The Hall–Kier alpha value is -2.31. The number of benzene rings is 3. The van der Waals surface area contributed by atoms with E-state index in [0.717, 1.165) is 11.5 Å². The Bertz CT molecular complexity index is 805. The van der Waals surface area contributed by atoms with Gasteiger partial charge in [0.25, 0.3) is 0 Å². The Balaban J connectivity index is 2.19. The van der Waals surface area contributed by atoms with Gasteiger partial charge in [-0.3, -0.25) is 0 Å². The lowest BCUT2D eigenvalue weighted by Gasteiger charge is -2.25. The van der Waals surface area contributed by atoms with Crippen molar-refractivity contribution in [2.24, 2.45) is 0 Å². The Morgan fingerprint density at radius 1 is 0.593 bits per heavy atom.